The summed E-state index contributed by atoms with van der Waals surface area (Å²) < 4.78 is 113. The summed E-state index contributed by atoms with van der Waals surface area (Å²) in [5.41, 5.74) is 4.95. The van der Waals surface area contributed by atoms with Crippen molar-refractivity contribution in [3.05, 3.63) is 93.9 Å². The SMILES string of the molecule is COc1ccc(CCc2nnc(N)o2)cc1-c1ccc(C(F)(F)F)cc1[C@@H]1CCC[C@H]2[C@@H](c3cc(CF)cc(C(F)(F)F)c3)OC(=O)N12. The molecule has 2 aliphatic rings. The summed E-state index contributed by atoms with van der Waals surface area (Å²) in [6.45, 7) is -1.17. The van der Waals surface area contributed by atoms with Crippen molar-refractivity contribution in [2.45, 2.75) is 69.3 Å². The zero-order valence-electron chi connectivity index (χ0n) is 25.4. The maximum Gasteiger partial charge on any atom is 0.416 e. The number of cyclic esters (lactones) is 1. The van der Waals surface area contributed by atoms with Gasteiger partial charge < -0.3 is 19.6 Å². The van der Waals surface area contributed by atoms with Crippen LogP contribution in [0, 0.1) is 0 Å². The Bertz CT molecular complexity index is 1820. The molecule has 48 heavy (non-hydrogen) atoms. The van der Waals surface area contributed by atoms with Crippen molar-refractivity contribution in [3.63, 3.8) is 0 Å². The number of hydrogen-bond acceptors (Lipinski definition) is 7. The van der Waals surface area contributed by atoms with Gasteiger partial charge in [-0.2, -0.15) is 26.3 Å². The Morgan fingerprint density at radius 3 is 2.33 bits per heavy atom. The molecule has 254 valence electrons. The number of rotatable bonds is 8. The van der Waals surface area contributed by atoms with E-state index in [1.54, 1.807) is 18.2 Å². The first-order valence-corrected chi connectivity index (χ1v) is 15.0. The molecule has 0 spiro atoms. The van der Waals surface area contributed by atoms with Gasteiger partial charge in [-0.1, -0.05) is 17.2 Å². The molecule has 3 heterocycles. The van der Waals surface area contributed by atoms with Gasteiger partial charge >= 0.3 is 24.5 Å². The summed E-state index contributed by atoms with van der Waals surface area (Å²) in [6, 6.07) is 9.37. The molecule has 1 aromatic heterocycles. The van der Waals surface area contributed by atoms with Crippen LogP contribution in [0.5, 0.6) is 5.75 Å². The zero-order valence-corrected chi connectivity index (χ0v) is 25.4. The van der Waals surface area contributed by atoms with Crippen LogP contribution < -0.4 is 10.5 Å². The second-order valence-electron chi connectivity index (χ2n) is 11.7. The number of anilines is 1. The van der Waals surface area contributed by atoms with E-state index in [1.165, 1.54) is 24.1 Å². The molecular weight excluding hydrogens is 649 g/mol. The maximum absolute atomic E-state index is 14.1. The van der Waals surface area contributed by atoms with Crippen molar-refractivity contribution < 1.29 is 49.4 Å². The van der Waals surface area contributed by atoms with Crippen molar-refractivity contribution in [1.29, 1.82) is 0 Å². The Morgan fingerprint density at radius 1 is 0.896 bits per heavy atom. The smallest absolute Gasteiger partial charge is 0.416 e. The molecule has 1 amide bonds. The van der Waals surface area contributed by atoms with E-state index in [4.69, 9.17) is 19.6 Å². The Kier molecular flexibility index (Phi) is 8.73. The molecule has 3 atom stereocenters. The lowest BCUT2D eigenvalue weighted by Gasteiger charge is -2.38. The van der Waals surface area contributed by atoms with Crippen LogP contribution in [0.1, 0.15) is 70.7 Å². The number of nitrogen functional groups attached to an aromatic ring is 1. The van der Waals surface area contributed by atoms with Crippen LogP contribution in [0.25, 0.3) is 11.1 Å². The average Bonchev–Trinajstić information content (AvgIpc) is 3.64. The number of alkyl halides is 7. The lowest BCUT2D eigenvalue weighted by molar-refractivity contribution is -0.138. The van der Waals surface area contributed by atoms with Crippen LogP contribution >= 0.6 is 0 Å². The van der Waals surface area contributed by atoms with Gasteiger partial charge in [-0.3, -0.25) is 4.90 Å². The van der Waals surface area contributed by atoms with E-state index in [9.17, 15) is 35.5 Å². The molecule has 15 heteroatoms. The molecule has 2 fully saturated rings. The van der Waals surface area contributed by atoms with E-state index < -0.39 is 54.4 Å². The zero-order chi connectivity index (χ0) is 34.4. The summed E-state index contributed by atoms with van der Waals surface area (Å²) in [5.74, 6) is 0.661. The number of piperidine rings is 1. The van der Waals surface area contributed by atoms with Gasteiger partial charge in [0.25, 0.3) is 0 Å². The summed E-state index contributed by atoms with van der Waals surface area (Å²) in [5, 5.41) is 7.48. The van der Waals surface area contributed by atoms with Crippen LogP contribution in [0.3, 0.4) is 0 Å². The number of carbonyl (C=O) groups excluding carboxylic acids is 1. The van der Waals surface area contributed by atoms with Gasteiger partial charge in [-0.15, -0.1) is 5.10 Å². The van der Waals surface area contributed by atoms with Crippen molar-refractivity contribution in [3.8, 4) is 16.9 Å². The quantitative estimate of drug-likeness (QED) is 0.187. The first-order chi connectivity index (χ1) is 22.8. The van der Waals surface area contributed by atoms with E-state index in [2.05, 4.69) is 10.2 Å². The molecule has 2 N–H and O–H groups in total. The highest BCUT2D eigenvalue weighted by Crippen LogP contribution is 2.49. The van der Waals surface area contributed by atoms with Crippen molar-refractivity contribution in [1.82, 2.24) is 15.1 Å². The molecule has 8 nitrogen and oxygen atoms in total. The molecule has 6 rings (SSSR count). The number of amides is 1. The van der Waals surface area contributed by atoms with Crippen molar-refractivity contribution in [2.75, 3.05) is 12.8 Å². The highest BCUT2D eigenvalue weighted by atomic mass is 19.4. The number of hydrogen-bond donors (Lipinski definition) is 1. The van der Waals surface area contributed by atoms with E-state index in [1.807, 2.05) is 0 Å². The fraction of sp³-hybridized carbons (Fsp3) is 0.364. The number of benzene rings is 3. The summed E-state index contributed by atoms with van der Waals surface area (Å²) in [7, 11) is 1.42. The molecule has 2 aliphatic heterocycles. The second kappa shape index (κ2) is 12.7. The van der Waals surface area contributed by atoms with E-state index >= 15 is 0 Å². The minimum absolute atomic E-state index is 0.0411. The van der Waals surface area contributed by atoms with Gasteiger partial charge in [-0.05, 0) is 96.0 Å². The number of nitrogens with zero attached hydrogens (tertiary/aromatic N) is 3. The van der Waals surface area contributed by atoms with E-state index in [0.717, 1.165) is 23.8 Å². The number of aryl methyl sites for hydroxylation is 2. The molecule has 0 aliphatic carbocycles. The van der Waals surface area contributed by atoms with Crippen LogP contribution in [0.15, 0.2) is 59.0 Å². The number of ether oxygens (including phenoxy) is 2. The standard InChI is InChI=1S/C33H29F7N4O4/c1-46-27-9-5-17(6-10-28-42-43-30(41)47-28)13-24(27)22-8-7-20(32(35,36)37)15-23(22)25-3-2-4-26-29(48-31(45)44(25)26)19-11-18(16-34)12-21(14-19)33(38,39)40/h5,7-9,11-15,25-26,29H,2-4,6,10,16H2,1H3,(H2,41,43)/t25-,26-,29+/m0/s1. The fourth-order valence-electron chi connectivity index (χ4n) is 6.56. The lowest BCUT2D eigenvalue weighted by atomic mass is 9.83. The van der Waals surface area contributed by atoms with Crippen molar-refractivity contribution >= 4 is 12.1 Å². The molecular formula is C33H29F7N4O4. The molecule has 0 saturated carbocycles. The van der Waals surface area contributed by atoms with E-state index in [-0.39, 0.29) is 29.1 Å². The second-order valence-corrected chi connectivity index (χ2v) is 11.7. The molecule has 0 unspecified atom stereocenters. The average molecular weight is 679 g/mol. The normalized spacial score (nSPS) is 19.7. The number of nitrogens with two attached hydrogens (primary N) is 1. The van der Waals surface area contributed by atoms with Crippen molar-refractivity contribution in [2.24, 2.45) is 0 Å². The Morgan fingerprint density at radius 2 is 1.67 bits per heavy atom. The highest BCUT2D eigenvalue weighted by Gasteiger charge is 2.49. The molecule has 3 aromatic carbocycles. The maximum atomic E-state index is 14.1. The summed E-state index contributed by atoms with van der Waals surface area (Å²) in [6.07, 6.45) is -9.85. The summed E-state index contributed by atoms with van der Waals surface area (Å²) >= 11 is 0. The molecule has 4 aromatic rings. The number of halogens is 7. The summed E-state index contributed by atoms with van der Waals surface area (Å²) in [4.78, 5) is 14.8. The highest BCUT2D eigenvalue weighted by molar-refractivity contribution is 5.77. The lowest BCUT2D eigenvalue weighted by Crippen LogP contribution is -2.41. The van der Waals surface area contributed by atoms with E-state index in [0.29, 0.717) is 54.5 Å². The Hall–Kier alpha value is -4.82. The van der Waals surface area contributed by atoms with Crippen LogP contribution in [-0.2, 0) is 36.6 Å². The number of methoxy groups -OCH3 is 1. The van der Waals surface area contributed by atoms with Gasteiger partial charge in [0, 0.05) is 12.0 Å². The first-order valence-electron chi connectivity index (χ1n) is 15.0. The number of fused-ring (bicyclic) bond motifs is 1. The largest absolute Gasteiger partial charge is 0.496 e. The minimum Gasteiger partial charge on any atom is -0.496 e. The number of aromatic nitrogens is 2. The Balaban J connectivity index is 1.41. The monoisotopic (exact) mass is 678 g/mol. The molecule has 0 radical (unpaired) electrons. The number of carbonyl (C=O) groups is 1. The third-order valence-corrected chi connectivity index (χ3v) is 8.69. The molecule has 0 bridgehead atoms. The van der Waals surface area contributed by atoms with Gasteiger partial charge in [0.15, 0.2) is 0 Å². The third-order valence-electron chi connectivity index (χ3n) is 8.69. The topological polar surface area (TPSA) is 104 Å². The van der Waals surface area contributed by atoms with Crippen LogP contribution in [-0.4, -0.2) is 34.3 Å². The first kappa shape index (κ1) is 33.1. The molecule has 2 saturated heterocycles. The minimum atomic E-state index is -4.78. The van der Waals surface area contributed by atoms with Gasteiger partial charge in [-0.25, -0.2) is 9.18 Å². The van der Waals surface area contributed by atoms with Gasteiger partial charge in [0.05, 0.1) is 30.3 Å². The van der Waals surface area contributed by atoms with Gasteiger partial charge in [0.2, 0.25) is 5.89 Å². The Labute approximate surface area is 269 Å². The fourth-order valence-corrected chi connectivity index (χ4v) is 6.56. The van der Waals surface area contributed by atoms with Gasteiger partial charge in [0.1, 0.15) is 18.5 Å². The van der Waals surface area contributed by atoms with Crippen LogP contribution in [0.2, 0.25) is 0 Å². The predicted octanol–water partition coefficient (Wildman–Crippen LogP) is 8.41. The predicted molar refractivity (Wildman–Crippen MR) is 157 cm³/mol. The van der Waals surface area contributed by atoms with Crippen LogP contribution in [0.4, 0.5) is 41.5 Å². The third kappa shape index (κ3) is 6.49.